The van der Waals surface area contributed by atoms with E-state index in [1.54, 1.807) is 18.2 Å². The fraction of sp³-hybridized carbons (Fsp3) is 0.100. The SMILES string of the molecule is OCc1ccc2c(Cl)ccc(Cl)c2n1. The number of aromatic nitrogens is 1. The molecule has 1 aromatic heterocycles. The van der Waals surface area contributed by atoms with Gasteiger partial charge in [-0.15, -0.1) is 0 Å². The summed E-state index contributed by atoms with van der Waals surface area (Å²) in [6.45, 7) is -0.0984. The second kappa shape index (κ2) is 3.73. The van der Waals surface area contributed by atoms with E-state index in [1.807, 2.05) is 6.07 Å². The van der Waals surface area contributed by atoms with Crippen molar-refractivity contribution in [1.29, 1.82) is 0 Å². The molecule has 0 radical (unpaired) electrons. The second-order valence-corrected chi connectivity index (χ2v) is 3.70. The smallest absolute Gasteiger partial charge is 0.0907 e. The lowest BCUT2D eigenvalue weighted by atomic mass is 10.2. The van der Waals surface area contributed by atoms with E-state index >= 15 is 0 Å². The number of rotatable bonds is 1. The minimum Gasteiger partial charge on any atom is -0.390 e. The molecule has 0 spiro atoms. The number of aliphatic hydroxyl groups is 1. The average Bonchev–Trinajstić information content (AvgIpc) is 2.23. The van der Waals surface area contributed by atoms with Crippen molar-refractivity contribution >= 4 is 34.1 Å². The molecule has 0 atom stereocenters. The van der Waals surface area contributed by atoms with E-state index in [1.165, 1.54) is 0 Å². The van der Waals surface area contributed by atoms with E-state index in [9.17, 15) is 0 Å². The molecule has 4 heteroatoms. The Bertz CT molecular complexity index is 485. The zero-order chi connectivity index (χ0) is 10.1. The van der Waals surface area contributed by atoms with E-state index in [0.717, 1.165) is 5.39 Å². The number of aliphatic hydroxyl groups excluding tert-OH is 1. The summed E-state index contributed by atoms with van der Waals surface area (Å²) in [5, 5.41) is 10.9. The molecule has 2 aromatic rings. The zero-order valence-corrected chi connectivity index (χ0v) is 8.68. The maximum Gasteiger partial charge on any atom is 0.0907 e. The quantitative estimate of drug-likeness (QED) is 0.813. The van der Waals surface area contributed by atoms with E-state index in [4.69, 9.17) is 28.3 Å². The van der Waals surface area contributed by atoms with E-state index in [2.05, 4.69) is 4.98 Å². The summed E-state index contributed by atoms with van der Waals surface area (Å²) in [4.78, 5) is 4.19. The highest BCUT2D eigenvalue weighted by Gasteiger charge is 2.05. The molecule has 1 heterocycles. The van der Waals surface area contributed by atoms with Gasteiger partial charge in [-0.3, -0.25) is 0 Å². The summed E-state index contributed by atoms with van der Waals surface area (Å²) >= 11 is 11.9. The number of nitrogens with zero attached hydrogens (tertiary/aromatic N) is 1. The molecule has 0 fully saturated rings. The van der Waals surface area contributed by atoms with Crippen LogP contribution in [0, 0.1) is 0 Å². The first-order valence-electron chi connectivity index (χ1n) is 4.07. The van der Waals surface area contributed by atoms with Crippen LogP contribution in [0.2, 0.25) is 10.0 Å². The Morgan fingerprint density at radius 1 is 1.07 bits per heavy atom. The van der Waals surface area contributed by atoms with Crippen LogP contribution in [-0.2, 0) is 6.61 Å². The minimum absolute atomic E-state index is 0.0984. The maximum absolute atomic E-state index is 8.92. The van der Waals surface area contributed by atoms with Crippen molar-refractivity contribution in [3.05, 3.63) is 40.0 Å². The maximum atomic E-state index is 8.92. The topological polar surface area (TPSA) is 33.1 Å². The predicted octanol–water partition coefficient (Wildman–Crippen LogP) is 3.03. The van der Waals surface area contributed by atoms with Crippen LogP contribution in [0.4, 0.5) is 0 Å². The van der Waals surface area contributed by atoms with Gasteiger partial charge in [0.15, 0.2) is 0 Å². The van der Waals surface area contributed by atoms with Crippen LogP contribution in [-0.4, -0.2) is 10.1 Å². The van der Waals surface area contributed by atoms with Crippen LogP contribution in [0.25, 0.3) is 10.9 Å². The molecule has 1 aromatic carbocycles. The fourth-order valence-corrected chi connectivity index (χ4v) is 1.70. The van der Waals surface area contributed by atoms with Crippen molar-refractivity contribution < 1.29 is 5.11 Å². The van der Waals surface area contributed by atoms with Gasteiger partial charge in [0.2, 0.25) is 0 Å². The Morgan fingerprint density at radius 2 is 1.79 bits per heavy atom. The molecular weight excluding hydrogens is 221 g/mol. The van der Waals surface area contributed by atoms with Crippen molar-refractivity contribution in [3.8, 4) is 0 Å². The molecule has 72 valence electrons. The first-order valence-corrected chi connectivity index (χ1v) is 4.82. The van der Waals surface area contributed by atoms with Gasteiger partial charge in [0, 0.05) is 5.39 Å². The molecule has 14 heavy (non-hydrogen) atoms. The minimum atomic E-state index is -0.0984. The lowest BCUT2D eigenvalue weighted by Crippen LogP contribution is -1.90. The summed E-state index contributed by atoms with van der Waals surface area (Å²) in [7, 11) is 0. The third kappa shape index (κ3) is 1.57. The van der Waals surface area contributed by atoms with Crippen LogP contribution in [0.3, 0.4) is 0 Å². The van der Waals surface area contributed by atoms with Crippen molar-refractivity contribution in [2.24, 2.45) is 0 Å². The largest absolute Gasteiger partial charge is 0.390 e. The summed E-state index contributed by atoms with van der Waals surface area (Å²) in [6, 6.07) is 6.96. The van der Waals surface area contributed by atoms with Crippen LogP contribution < -0.4 is 0 Å². The van der Waals surface area contributed by atoms with Gasteiger partial charge >= 0.3 is 0 Å². The second-order valence-electron chi connectivity index (χ2n) is 2.89. The Balaban J connectivity index is 2.80. The molecule has 0 aliphatic carbocycles. The zero-order valence-electron chi connectivity index (χ0n) is 7.17. The van der Waals surface area contributed by atoms with Crippen LogP contribution >= 0.6 is 23.2 Å². The van der Waals surface area contributed by atoms with Gasteiger partial charge < -0.3 is 5.11 Å². The van der Waals surface area contributed by atoms with Gasteiger partial charge in [-0.25, -0.2) is 4.98 Å². The third-order valence-electron chi connectivity index (χ3n) is 1.97. The van der Waals surface area contributed by atoms with E-state index < -0.39 is 0 Å². The predicted molar refractivity (Wildman–Crippen MR) is 57.7 cm³/mol. The normalized spacial score (nSPS) is 10.8. The molecule has 0 aliphatic rings. The molecular formula is C10H7Cl2NO. The summed E-state index contributed by atoms with van der Waals surface area (Å²) < 4.78 is 0. The lowest BCUT2D eigenvalue weighted by molar-refractivity contribution is 0.277. The number of hydrogen-bond donors (Lipinski definition) is 1. The first kappa shape index (κ1) is 9.71. The highest BCUT2D eigenvalue weighted by molar-refractivity contribution is 6.39. The number of benzene rings is 1. The summed E-state index contributed by atoms with van der Waals surface area (Å²) in [5.74, 6) is 0. The number of fused-ring (bicyclic) bond motifs is 1. The van der Waals surface area contributed by atoms with Gasteiger partial charge in [0.05, 0.1) is 27.9 Å². The Morgan fingerprint density at radius 3 is 2.50 bits per heavy atom. The molecule has 0 aliphatic heterocycles. The van der Waals surface area contributed by atoms with Crippen molar-refractivity contribution in [1.82, 2.24) is 4.98 Å². The van der Waals surface area contributed by atoms with Crippen LogP contribution in [0.5, 0.6) is 0 Å². The third-order valence-corrected chi connectivity index (χ3v) is 2.61. The summed E-state index contributed by atoms with van der Waals surface area (Å²) in [6.07, 6.45) is 0. The molecule has 0 unspecified atom stereocenters. The van der Waals surface area contributed by atoms with E-state index in [0.29, 0.717) is 21.3 Å². The first-order chi connectivity index (χ1) is 6.72. The molecule has 0 saturated heterocycles. The van der Waals surface area contributed by atoms with Crippen LogP contribution in [0.1, 0.15) is 5.69 Å². The molecule has 2 nitrogen and oxygen atoms in total. The van der Waals surface area contributed by atoms with Gasteiger partial charge in [0.1, 0.15) is 0 Å². The lowest BCUT2D eigenvalue weighted by Gasteiger charge is -2.03. The highest BCUT2D eigenvalue weighted by atomic mass is 35.5. The number of hydrogen-bond acceptors (Lipinski definition) is 2. The highest BCUT2D eigenvalue weighted by Crippen LogP contribution is 2.28. The molecule has 1 N–H and O–H groups in total. The van der Waals surface area contributed by atoms with Gasteiger partial charge in [-0.1, -0.05) is 23.2 Å². The Labute approximate surface area is 91.1 Å². The standard InChI is InChI=1S/C10H7Cl2NO/c11-8-3-4-9(12)10-7(8)2-1-6(5-14)13-10/h1-4,14H,5H2. The van der Waals surface area contributed by atoms with Gasteiger partial charge in [0.25, 0.3) is 0 Å². The molecule has 0 amide bonds. The number of pyridine rings is 1. The van der Waals surface area contributed by atoms with Crippen molar-refractivity contribution in [2.75, 3.05) is 0 Å². The van der Waals surface area contributed by atoms with Crippen molar-refractivity contribution in [2.45, 2.75) is 6.61 Å². The molecule has 0 saturated carbocycles. The number of halogens is 2. The monoisotopic (exact) mass is 227 g/mol. The molecule has 0 bridgehead atoms. The fourth-order valence-electron chi connectivity index (χ4n) is 1.28. The Hall–Kier alpha value is -0.830. The Kier molecular flexibility index (Phi) is 2.59. The van der Waals surface area contributed by atoms with Gasteiger partial charge in [-0.05, 0) is 24.3 Å². The molecule has 2 rings (SSSR count). The average molecular weight is 228 g/mol. The van der Waals surface area contributed by atoms with Crippen LogP contribution in [0.15, 0.2) is 24.3 Å². The van der Waals surface area contributed by atoms with Gasteiger partial charge in [-0.2, -0.15) is 0 Å². The van der Waals surface area contributed by atoms with Crippen molar-refractivity contribution in [3.63, 3.8) is 0 Å². The van der Waals surface area contributed by atoms with E-state index in [-0.39, 0.29) is 6.61 Å². The summed E-state index contributed by atoms with van der Waals surface area (Å²) in [5.41, 5.74) is 1.22.